The van der Waals surface area contributed by atoms with Crippen molar-refractivity contribution in [3.63, 3.8) is 0 Å². The second-order valence-corrected chi connectivity index (χ2v) is 3.64. The van der Waals surface area contributed by atoms with E-state index in [1.54, 1.807) is 0 Å². The van der Waals surface area contributed by atoms with Crippen LogP contribution in [0.2, 0.25) is 0 Å². The third kappa shape index (κ3) is 1.87. The van der Waals surface area contributed by atoms with Crippen LogP contribution in [0.5, 0.6) is 0 Å². The maximum atomic E-state index is 10.5. The highest BCUT2D eigenvalue weighted by molar-refractivity contribution is 5.54. The predicted octanol–water partition coefficient (Wildman–Crippen LogP) is 0.308. The Kier molecular flexibility index (Phi) is 2.90. The molecular formula is C9H16N2O. The first-order valence-corrected chi connectivity index (χ1v) is 4.40. The van der Waals surface area contributed by atoms with Gasteiger partial charge in [0.25, 0.3) is 0 Å². The normalized spacial score (nSPS) is 29.8. The maximum absolute atomic E-state index is 10.5. The fourth-order valence-corrected chi connectivity index (χ4v) is 1.30. The molecule has 12 heavy (non-hydrogen) atoms. The standard InChI is InChI=1S/C9H16N2O/c1-6(2)8-4-10-7(3)9(5-12)11-8/h6-8,10-11H,4H2,1-3H3. The summed E-state index contributed by atoms with van der Waals surface area (Å²) in [6, 6.07) is 0.482. The fraction of sp³-hybridized carbons (Fsp3) is 0.778. The molecule has 3 nitrogen and oxygen atoms in total. The highest BCUT2D eigenvalue weighted by Crippen LogP contribution is 2.09. The van der Waals surface area contributed by atoms with E-state index in [0.717, 1.165) is 6.54 Å². The Morgan fingerprint density at radius 3 is 2.75 bits per heavy atom. The van der Waals surface area contributed by atoms with Crippen LogP contribution in [-0.2, 0) is 4.79 Å². The van der Waals surface area contributed by atoms with Gasteiger partial charge >= 0.3 is 0 Å². The van der Waals surface area contributed by atoms with Crippen LogP contribution in [0.25, 0.3) is 0 Å². The number of piperazine rings is 1. The SMILES string of the molecule is CC1NCC(C(C)C)NC1=C=O. The average molecular weight is 168 g/mol. The van der Waals surface area contributed by atoms with E-state index in [2.05, 4.69) is 24.5 Å². The fourth-order valence-electron chi connectivity index (χ4n) is 1.30. The highest BCUT2D eigenvalue weighted by Gasteiger charge is 2.23. The van der Waals surface area contributed by atoms with Gasteiger partial charge in [-0.1, -0.05) is 13.8 Å². The zero-order chi connectivity index (χ0) is 9.14. The summed E-state index contributed by atoms with van der Waals surface area (Å²) < 4.78 is 0. The summed E-state index contributed by atoms with van der Waals surface area (Å²) in [5.41, 5.74) is 0.653. The van der Waals surface area contributed by atoms with Crippen molar-refractivity contribution in [3.05, 3.63) is 5.70 Å². The van der Waals surface area contributed by atoms with E-state index in [0.29, 0.717) is 17.7 Å². The van der Waals surface area contributed by atoms with Crippen LogP contribution in [-0.4, -0.2) is 24.6 Å². The summed E-state index contributed by atoms with van der Waals surface area (Å²) in [7, 11) is 0. The summed E-state index contributed by atoms with van der Waals surface area (Å²) in [5, 5.41) is 6.44. The summed E-state index contributed by atoms with van der Waals surface area (Å²) in [6.45, 7) is 7.16. The summed E-state index contributed by atoms with van der Waals surface area (Å²) in [4.78, 5) is 10.5. The Morgan fingerprint density at radius 2 is 2.25 bits per heavy atom. The molecule has 0 aromatic heterocycles. The second-order valence-electron chi connectivity index (χ2n) is 3.64. The molecule has 2 N–H and O–H groups in total. The molecule has 2 unspecified atom stereocenters. The van der Waals surface area contributed by atoms with E-state index in [4.69, 9.17) is 0 Å². The lowest BCUT2D eigenvalue weighted by Gasteiger charge is -2.32. The van der Waals surface area contributed by atoms with Gasteiger partial charge in [-0.3, -0.25) is 0 Å². The molecular weight excluding hydrogens is 152 g/mol. The van der Waals surface area contributed by atoms with E-state index in [1.807, 2.05) is 12.9 Å². The highest BCUT2D eigenvalue weighted by atomic mass is 16.1. The molecule has 0 aliphatic carbocycles. The Balaban J connectivity index is 2.62. The molecule has 2 atom stereocenters. The molecule has 0 radical (unpaired) electrons. The van der Waals surface area contributed by atoms with Crippen LogP contribution in [0.1, 0.15) is 20.8 Å². The number of carbonyl (C=O) groups excluding carboxylic acids is 1. The zero-order valence-electron chi connectivity index (χ0n) is 7.85. The van der Waals surface area contributed by atoms with Crippen LogP contribution in [0.15, 0.2) is 5.70 Å². The van der Waals surface area contributed by atoms with Crippen molar-refractivity contribution in [1.29, 1.82) is 0 Å². The third-order valence-electron chi connectivity index (χ3n) is 2.33. The lowest BCUT2D eigenvalue weighted by Crippen LogP contribution is -2.53. The van der Waals surface area contributed by atoms with Crippen LogP contribution < -0.4 is 10.6 Å². The van der Waals surface area contributed by atoms with Gasteiger partial charge < -0.3 is 10.6 Å². The molecule has 0 aromatic rings. The molecule has 0 aromatic carbocycles. The maximum Gasteiger partial charge on any atom is 0.147 e. The van der Waals surface area contributed by atoms with Crippen LogP contribution >= 0.6 is 0 Å². The Morgan fingerprint density at radius 1 is 1.58 bits per heavy atom. The molecule has 1 saturated heterocycles. The molecule has 0 saturated carbocycles. The van der Waals surface area contributed by atoms with Gasteiger partial charge in [-0.25, -0.2) is 4.79 Å². The average Bonchev–Trinajstić information content (AvgIpc) is 2.05. The Labute approximate surface area is 73.2 Å². The van der Waals surface area contributed by atoms with Gasteiger partial charge in [-0.2, -0.15) is 0 Å². The van der Waals surface area contributed by atoms with Gasteiger partial charge in [-0.05, 0) is 12.8 Å². The van der Waals surface area contributed by atoms with Crippen LogP contribution in [0.4, 0.5) is 0 Å². The lowest BCUT2D eigenvalue weighted by atomic mass is 10.0. The minimum Gasteiger partial charge on any atom is -0.374 e. The van der Waals surface area contributed by atoms with Gasteiger partial charge in [-0.15, -0.1) is 0 Å². The van der Waals surface area contributed by atoms with Gasteiger partial charge in [0.2, 0.25) is 0 Å². The van der Waals surface area contributed by atoms with Crippen molar-refractivity contribution in [1.82, 2.24) is 10.6 Å². The molecule has 0 spiro atoms. The molecule has 0 amide bonds. The smallest absolute Gasteiger partial charge is 0.147 e. The minimum absolute atomic E-state index is 0.123. The second kappa shape index (κ2) is 3.74. The Bertz CT molecular complexity index is 207. The summed E-state index contributed by atoms with van der Waals surface area (Å²) in [5.74, 6) is 2.47. The largest absolute Gasteiger partial charge is 0.374 e. The molecule has 1 heterocycles. The van der Waals surface area contributed by atoms with Crippen molar-refractivity contribution >= 4 is 5.94 Å². The third-order valence-corrected chi connectivity index (χ3v) is 2.33. The van der Waals surface area contributed by atoms with E-state index in [9.17, 15) is 4.79 Å². The first-order valence-electron chi connectivity index (χ1n) is 4.40. The lowest BCUT2D eigenvalue weighted by molar-refractivity contribution is 0.344. The van der Waals surface area contributed by atoms with Crippen molar-refractivity contribution < 1.29 is 4.79 Å². The van der Waals surface area contributed by atoms with Gasteiger partial charge in [0.15, 0.2) is 0 Å². The van der Waals surface area contributed by atoms with Crippen molar-refractivity contribution in [2.75, 3.05) is 6.54 Å². The number of rotatable bonds is 1. The van der Waals surface area contributed by atoms with E-state index >= 15 is 0 Å². The van der Waals surface area contributed by atoms with E-state index < -0.39 is 0 Å². The molecule has 68 valence electrons. The zero-order valence-corrected chi connectivity index (χ0v) is 7.85. The first kappa shape index (κ1) is 9.30. The van der Waals surface area contributed by atoms with Gasteiger partial charge in [0, 0.05) is 12.6 Å². The quantitative estimate of drug-likeness (QED) is 0.554. The molecule has 0 bridgehead atoms. The topological polar surface area (TPSA) is 41.1 Å². The van der Waals surface area contributed by atoms with Crippen molar-refractivity contribution in [2.45, 2.75) is 32.9 Å². The summed E-state index contributed by atoms with van der Waals surface area (Å²) >= 11 is 0. The predicted molar refractivity (Wildman–Crippen MR) is 48.4 cm³/mol. The first-order chi connectivity index (χ1) is 5.65. The molecule has 3 heteroatoms. The summed E-state index contributed by atoms with van der Waals surface area (Å²) in [6.07, 6.45) is 0. The monoisotopic (exact) mass is 168 g/mol. The minimum atomic E-state index is 0.123. The number of hydrogen-bond acceptors (Lipinski definition) is 3. The molecule has 1 aliphatic heterocycles. The van der Waals surface area contributed by atoms with E-state index in [1.165, 1.54) is 0 Å². The number of hydrogen-bond donors (Lipinski definition) is 2. The van der Waals surface area contributed by atoms with E-state index in [-0.39, 0.29) is 6.04 Å². The molecule has 1 aliphatic rings. The van der Waals surface area contributed by atoms with Gasteiger partial charge in [0.1, 0.15) is 11.6 Å². The Hall–Kier alpha value is -0.790. The van der Waals surface area contributed by atoms with Crippen LogP contribution in [0, 0.1) is 5.92 Å². The van der Waals surface area contributed by atoms with Crippen molar-refractivity contribution in [3.8, 4) is 0 Å². The number of nitrogens with one attached hydrogen (secondary N) is 2. The van der Waals surface area contributed by atoms with Crippen molar-refractivity contribution in [2.24, 2.45) is 5.92 Å². The molecule has 1 rings (SSSR count). The molecule has 1 fully saturated rings. The van der Waals surface area contributed by atoms with Gasteiger partial charge in [0.05, 0.1) is 6.04 Å². The van der Waals surface area contributed by atoms with Crippen LogP contribution in [0.3, 0.4) is 0 Å².